The van der Waals surface area contributed by atoms with Crippen LogP contribution in [-0.2, 0) is 0 Å². The molecule has 0 spiro atoms. The Morgan fingerprint density at radius 3 is 2.06 bits per heavy atom. The highest BCUT2D eigenvalue weighted by Gasteiger charge is 2.23. The molecule has 0 aromatic heterocycles. The average molecular weight is 226 g/mol. The summed E-state index contributed by atoms with van der Waals surface area (Å²) >= 11 is 0. The van der Waals surface area contributed by atoms with E-state index in [2.05, 4.69) is 45.0 Å². The highest BCUT2D eigenvalue weighted by Crippen LogP contribution is 2.24. The molecule has 2 heteroatoms. The van der Waals surface area contributed by atoms with Crippen molar-refractivity contribution in [3.8, 4) is 0 Å². The van der Waals surface area contributed by atoms with Crippen LogP contribution >= 0.6 is 0 Å². The molecule has 96 valence electrons. The molecule has 1 N–H and O–H groups in total. The molecule has 1 heterocycles. The minimum absolute atomic E-state index is 0.649. The highest BCUT2D eigenvalue weighted by atomic mass is 15.2. The Balaban J connectivity index is 2.31. The smallest absolute Gasteiger partial charge is 0.0214 e. The van der Waals surface area contributed by atoms with Crippen molar-refractivity contribution in [1.29, 1.82) is 0 Å². The standard InChI is InChI=1S/C14H30N2/c1-11(2)13-6-8-16(9-7-13)10-14(15-5)12(3)4/h11-15H,6-10H2,1-5H3. The van der Waals surface area contributed by atoms with Gasteiger partial charge in [-0.25, -0.2) is 0 Å². The van der Waals surface area contributed by atoms with E-state index >= 15 is 0 Å². The van der Waals surface area contributed by atoms with Crippen molar-refractivity contribution < 1.29 is 0 Å². The molecule has 1 aliphatic rings. The van der Waals surface area contributed by atoms with Crippen molar-refractivity contribution in [2.45, 2.75) is 46.6 Å². The van der Waals surface area contributed by atoms with E-state index in [4.69, 9.17) is 0 Å². The number of likely N-dealkylation sites (N-methyl/N-ethyl adjacent to an activating group) is 1. The third kappa shape index (κ3) is 4.06. The first kappa shape index (κ1) is 14.0. The van der Waals surface area contributed by atoms with Crippen LogP contribution in [0.5, 0.6) is 0 Å². The van der Waals surface area contributed by atoms with Crippen molar-refractivity contribution in [2.75, 3.05) is 26.7 Å². The van der Waals surface area contributed by atoms with Crippen LogP contribution in [0.4, 0.5) is 0 Å². The summed E-state index contributed by atoms with van der Waals surface area (Å²) in [7, 11) is 2.09. The molecular weight excluding hydrogens is 196 g/mol. The Morgan fingerprint density at radius 1 is 1.12 bits per heavy atom. The Morgan fingerprint density at radius 2 is 1.69 bits per heavy atom. The first-order valence-electron chi connectivity index (χ1n) is 6.94. The molecule has 0 amide bonds. The third-order valence-corrected chi connectivity index (χ3v) is 4.21. The minimum Gasteiger partial charge on any atom is -0.315 e. The second-order valence-electron chi connectivity index (χ2n) is 6.02. The molecule has 1 saturated heterocycles. The van der Waals surface area contributed by atoms with Gasteiger partial charge in [0.1, 0.15) is 0 Å². The second-order valence-corrected chi connectivity index (χ2v) is 6.02. The molecule has 0 aliphatic carbocycles. The summed E-state index contributed by atoms with van der Waals surface area (Å²) < 4.78 is 0. The van der Waals surface area contributed by atoms with E-state index in [1.807, 2.05) is 0 Å². The predicted octanol–water partition coefficient (Wildman–Crippen LogP) is 2.60. The predicted molar refractivity (Wildman–Crippen MR) is 71.7 cm³/mol. The highest BCUT2D eigenvalue weighted by molar-refractivity contribution is 4.79. The number of rotatable bonds is 5. The van der Waals surface area contributed by atoms with Crippen LogP contribution < -0.4 is 5.32 Å². The summed E-state index contributed by atoms with van der Waals surface area (Å²) in [5, 5.41) is 3.44. The maximum Gasteiger partial charge on any atom is 0.0214 e. The lowest BCUT2D eigenvalue weighted by atomic mass is 9.86. The average Bonchev–Trinajstić information content (AvgIpc) is 2.26. The Bertz CT molecular complexity index is 181. The van der Waals surface area contributed by atoms with Crippen LogP contribution in [0.1, 0.15) is 40.5 Å². The molecule has 1 rings (SSSR count). The van der Waals surface area contributed by atoms with Gasteiger partial charge < -0.3 is 10.2 Å². The molecule has 0 bridgehead atoms. The van der Waals surface area contributed by atoms with Gasteiger partial charge in [-0.05, 0) is 50.7 Å². The molecule has 1 unspecified atom stereocenters. The van der Waals surface area contributed by atoms with E-state index in [1.165, 1.54) is 32.5 Å². The quantitative estimate of drug-likeness (QED) is 0.775. The van der Waals surface area contributed by atoms with Crippen molar-refractivity contribution in [2.24, 2.45) is 17.8 Å². The van der Waals surface area contributed by atoms with Gasteiger partial charge in [0.2, 0.25) is 0 Å². The van der Waals surface area contributed by atoms with Gasteiger partial charge >= 0.3 is 0 Å². The van der Waals surface area contributed by atoms with Crippen LogP contribution in [0.2, 0.25) is 0 Å². The number of hydrogen-bond acceptors (Lipinski definition) is 2. The molecule has 16 heavy (non-hydrogen) atoms. The van der Waals surface area contributed by atoms with Crippen molar-refractivity contribution in [3.63, 3.8) is 0 Å². The third-order valence-electron chi connectivity index (χ3n) is 4.21. The molecule has 0 aromatic rings. The van der Waals surface area contributed by atoms with E-state index in [-0.39, 0.29) is 0 Å². The fraction of sp³-hybridized carbons (Fsp3) is 1.00. The number of nitrogens with zero attached hydrogens (tertiary/aromatic N) is 1. The molecule has 0 aromatic carbocycles. The van der Waals surface area contributed by atoms with Crippen molar-refractivity contribution in [1.82, 2.24) is 10.2 Å². The number of piperidine rings is 1. The van der Waals surface area contributed by atoms with E-state index in [0.717, 1.165) is 17.8 Å². The van der Waals surface area contributed by atoms with Crippen LogP contribution in [0.15, 0.2) is 0 Å². The van der Waals surface area contributed by atoms with Gasteiger partial charge in [0.05, 0.1) is 0 Å². The first-order chi connectivity index (χ1) is 7.54. The molecule has 2 nitrogen and oxygen atoms in total. The van der Waals surface area contributed by atoms with Crippen LogP contribution in [0.25, 0.3) is 0 Å². The van der Waals surface area contributed by atoms with Crippen molar-refractivity contribution >= 4 is 0 Å². The fourth-order valence-corrected chi connectivity index (χ4v) is 2.72. The summed E-state index contributed by atoms with van der Waals surface area (Å²) in [4.78, 5) is 2.64. The summed E-state index contributed by atoms with van der Waals surface area (Å²) in [5.41, 5.74) is 0. The Hall–Kier alpha value is -0.0800. The van der Waals surface area contributed by atoms with Gasteiger partial charge in [-0.1, -0.05) is 27.7 Å². The minimum atomic E-state index is 0.649. The van der Waals surface area contributed by atoms with Gasteiger partial charge in [-0.2, -0.15) is 0 Å². The zero-order valence-corrected chi connectivity index (χ0v) is 11.8. The topological polar surface area (TPSA) is 15.3 Å². The molecule has 1 atom stereocenters. The molecule has 1 fully saturated rings. The van der Waals surface area contributed by atoms with Gasteiger partial charge in [0.15, 0.2) is 0 Å². The molecule has 0 saturated carbocycles. The Labute approximate surface area is 102 Å². The second kappa shape index (κ2) is 6.61. The molecule has 1 aliphatic heterocycles. The normalized spacial score (nSPS) is 21.9. The molecular formula is C14H30N2. The maximum atomic E-state index is 3.44. The fourth-order valence-electron chi connectivity index (χ4n) is 2.72. The van der Waals surface area contributed by atoms with E-state index in [0.29, 0.717) is 6.04 Å². The molecule has 0 radical (unpaired) electrons. The van der Waals surface area contributed by atoms with Gasteiger partial charge in [0.25, 0.3) is 0 Å². The van der Waals surface area contributed by atoms with Gasteiger partial charge in [-0.3, -0.25) is 0 Å². The number of likely N-dealkylation sites (tertiary alicyclic amines) is 1. The monoisotopic (exact) mass is 226 g/mol. The largest absolute Gasteiger partial charge is 0.315 e. The zero-order chi connectivity index (χ0) is 12.1. The summed E-state index contributed by atoms with van der Waals surface area (Å²) in [6.07, 6.45) is 2.79. The number of hydrogen-bond donors (Lipinski definition) is 1. The van der Waals surface area contributed by atoms with E-state index in [9.17, 15) is 0 Å². The Kier molecular flexibility index (Phi) is 5.77. The van der Waals surface area contributed by atoms with Crippen LogP contribution in [0.3, 0.4) is 0 Å². The van der Waals surface area contributed by atoms with Crippen molar-refractivity contribution in [3.05, 3.63) is 0 Å². The lowest BCUT2D eigenvalue weighted by molar-refractivity contribution is 0.138. The zero-order valence-electron chi connectivity index (χ0n) is 11.8. The summed E-state index contributed by atoms with van der Waals surface area (Å²) in [6, 6.07) is 0.649. The summed E-state index contributed by atoms with van der Waals surface area (Å²) in [5.74, 6) is 2.56. The van der Waals surface area contributed by atoms with Crippen LogP contribution in [-0.4, -0.2) is 37.6 Å². The van der Waals surface area contributed by atoms with Gasteiger partial charge in [0, 0.05) is 12.6 Å². The first-order valence-corrected chi connectivity index (χ1v) is 6.94. The SMILES string of the molecule is CNC(CN1CCC(C(C)C)CC1)C(C)C. The number of nitrogens with one attached hydrogen (secondary N) is 1. The van der Waals surface area contributed by atoms with Gasteiger partial charge in [-0.15, -0.1) is 0 Å². The van der Waals surface area contributed by atoms with E-state index in [1.54, 1.807) is 0 Å². The lowest BCUT2D eigenvalue weighted by Gasteiger charge is -2.36. The lowest BCUT2D eigenvalue weighted by Crippen LogP contribution is -2.45. The van der Waals surface area contributed by atoms with Crippen LogP contribution in [0, 0.1) is 17.8 Å². The maximum absolute atomic E-state index is 3.44. The van der Waals surface area contributed by atoms with E-state index < -0.39 is 0 Å². The summed E-state index contributed by atoms with van der Waals surface area (Å²) in [6.45, 7) is 13.2.